The van der Waals surface area contributed by atoms with Crippen LogP contribution in [-0.4, -0.2) is 23.3 Å². The fourth-order valence-electron chi connectivity index (χ4n) is 1.01. The summed E-state index contributed by atoms with van der Waals surface area (Å²) in [5.41, 5.74) is -0.0749. The highest BCUT2D eigenvalue weighted by Gasteiger charge is 2.11. The lowest BCUT2D eigenvalue weighted by molar-refractivity contribution is 0.463. The molecular formula is C8H3N2O3S3-. The smallest absolute Gasteiger partial charge is 0.126 e. The Morgan fingerprint density at radius 3 is 2.31 bits per heavy atom. The maximum Gasteiger partial charge on any atom is 0.126 e. The minimum Gasteiger partial charge on any atom is -0.744 e. The summed E-state index contributed by atoms with van der Waals surface area (Å²) in [4.78, 5) is 6.56. The Bertz CT molecular complexity index is 611. The van der Waals surface area contributed by atoms with Crippen LogP contribution in [0.15, 0.2) is 33.1 Å². The average molecular weight is 271 g/mol. The van der Waals surface area contributed by atoms with Gasteiger partial charge in [-0.15, -0.1) is 0 Å². The molecule has 1 rings (SSSR count). The third kappa shape index (κ3) is 2.86. The third-order valence-corrected chi connectivity index (χ3v) is 2.62. The summed E-state index contributed by atoms with van der Waals surface area (Å²) in [6.07, 6.45) is 0. The van der Waals surface area contributed by atoms with E-state index in [1.54, 1.807) is 0 Å². The predicted octanol–water partition coefficient (Wildman–Crippen LogP) is 2.06. The summed E-state index contributed by atoms with van der Waals surface area (Å²) in [6, 6.07) is 3.88. The van der Waals surface area contributed by atoms with Crippen LogP contribution < -0.4 is 0 Å². The van der Waals surface area contributed by atoms with E-state index in [2.05, 4.69) is 39.6 Å². The van der Waals surface area contributed by atoms with E-state index in [0.29, 0.717) is 0 Å². The number of hydrogen-bond donors (Lipinski definition) is 0. The van der Waals surface area contributed by atoms with E-state index < -0.39 is 15.0 Å². The highest BCUT2D eigenvalue weighted by molar-refractivity contribution is 7.86. The number of thiocarbonyl (C=S) groups is 2. The van der Waals surface area contributed by atoms with Crippen molar-refractivity contribution in [2.45, 2.75) is 4.90 Å². The monoisotopic (exact) mass is 271 g/mol. The molecule has 0 bridgehead atoms. The van der Waals surface area contributed by atoms with Crippen LogP contribution in [0.4, 0.5) is 11.4 Å². The van der Waals surface area contributed by atoms with Crippen molar-refractivity contribution in [2.24, 2.45) is 9.98 Å². The van der Waals surface area contributed by atoms with Crippen molar-refractivity contribution in [3.63, 3.8) is 0 Å². The van der Waals surface area contributed by atoms with Gasteiger partial charge in [-0.05, 0) is 36.6 Å². The number of isothiocyanates is 2. The van der Waals surface area contributed by atoms with Gasteiger partial charge in [-0.2, -0.15) is 9.98 Å². The summed E-state index contributed by atoms with van der Waals surface area (Å²) >= 11 is 8.74. The second kappa shape index (κ2) is 5.18. The van der Waals surface area contributed by atoms with E-state index >= 15 is 0 Å². The zero-order valence-electron chi connectivity index (χ0n) is 7.58. The zero-order chi connectivity index (χ0) is 12.2. The molecule has 0 aliphatic rings. The van der Waals surface area contributed by atoms with E-state index in [-0.39, 0.29) is 11.4 Å². The number of hydrogen-bond acceptors (Lipinski definition) is 7. The number of nitrogens with zero attached hydrogens (tertiary/aromatic N) is 2. The molecule has 82 valence electrons. The van der Waals surface area contributed by atoms with Gasteiger partial charge in [-0.25, -0.2) is 8.42 Å². The van der Waals surface area contributed by atoms with Crippen LogP contribution in [-0.2, 0) is 10.1 Å². The van der Waals surface area contributed by atoms with Crippen molar-refractivity contribution in [3.8, 4) is 0 Å². The van der Waals surface area contributed by atoms with Gasteiger partial charge in [0.1, 0.15) is 21.5 Å². The highest BCUT2D eigenvalue weighted by atomic mass is 32.2. The molecule has 0 unspecified atom stereocenters. The SMILES string of the molecule is O=S(=O)([O-])c1cccc(N=C=S)c1N=C=S. The molecule has 0 saturated carbocycles. The lowest BCUT2D eigenvalue weighted by Crippen LogP contribution is -1.98. The Labute approximate surface area is 102 Å². The Balaban J connectivity index is 3.70. The summed E-state index contributed by atoms with van der Waals surface area (Å²) in [7, 11) is -4.65. The maximum absolute atomic E-state index is 10.9. The lowest BCUT2D eigenvalue weighted by Gasteiger charge is -2.10. The van der Waals surface area contributed by atoms with E-state index in [0.717, 1.165) is 6.07 Å². The fraction of sp³-hybridized carbons (Fsp3) is 0. The Kier molecular flexibility index (Phi) is 4.14. The van der Waals surface area contributed by atoms with E-state index in [1.807, 2.05) is 5.16 Å². The van der Waals surface area contributed by atoms with Crippen molar-refractivity contribution in [1.29, 1.82) is 0 Å². The van der Waals surface area contributed by atoms with Crippen LogP contribution in [0.5, 0.6) is 0 Å². The molecule has 0 fully saturated rings. The summed E-state index contributed by atoms with van der Waals surface area (Å²) in [5.74, 6) is 0. The largest absolute Gasteiger partial charge is 0.744 e. The molecule has 1 aromatic rings. The van der Waals surface area contributed by atoms with Crippen LogP contribution in [0.25, 0.3) is 0 Å². The Morgan fingerprint density at radius 2 is 1.81 bits per heavy atom. The molecule has 5 nitrogen and oxygen atoms in total. The molecule has 0 aliphatic heterocycles. The third-order valence-electron chi connectivity index (χ3n) is 1.57. The Hall–Kier alpha value is -1.27. The molecular weight excluding hydrogens is 268 g/mol. The molecule has 1 aromatic carbocycles. The minimum absolute atomic E-state index is 0.101. The van der Waals surface area contributed by atoms with Crippen LogP contribution in [0, 0.1) is 0 Å². The maximum atomic E-state index is 10.9. The average Bonchev–Trinajstić information content (AvgIpc) is 2.19. The molecule has 0 saturated heterocycles. The van der Waals surface area contributed by atoms with Crippen LogP contribution in [0.1, 0.15) is 0 Å². The minimum atomic E-state index is -4.65. The quantitative estimate of drug-likeness (QED) is 0.477. The van der Waals surface area contributed by atoms with Gasteiger partial charge in [-0.1, -0.05) is 6.07 Å². The summed E-state index contributed by atoms with van der Waals surface area (Å²) in [5, 5.41) is 4.03. The van der Waals surface area contributed by atoms with E-state index in [4.69, 9.17) is 0 Å². The number of benzene rings is 1. The van der Waals surface area contributed by atoms with Crippen molar-refractivity contribution in [2.75, 3.05) is 0 Å². The molecule has 0 amide bonds. The molecule has 0 spiro atoms. The normalized spacial score (nSPS) is 10.1. The molecule has 0 aromatic heterocycles. The van der Waals surface area contributed by atoms with Gasteiger partial charge in [0.2, 0.25) is 0 Å². The first-order valence-corrected chi connectivity index (χ1v) is 5.98. The van der Waals surface area contributed by atoms with Gasteiger partial charge in [0.15, 0.2) is 0 Å². The molecule has 0 N–H and O–H groups in total. The molecule has 16 heavy (non-hydrogen) atoms. The molecule has 0 aliphatic carbocycles. The lowest BCUT2D eigenvalue weighted by atomic mass is 10.3. The predicted molar refractivity (Wildman–Crippen MR) is 63.8 cm³/mol. The molecule has 0 radical (unpaired) electrons. The van der Waals surface area contributed by atoms with Gasteiger partial charge in [0.25, 0.3) is 0 Å². The number of rotatable bonds is 3. The fourth-order valence-corrected chi connectivity index (χ4v) is 1.83. The van der Waals surface area contributed by atoms with Gasteiger partial charge < -0.3 is 4.55 Å². The number of para-hydroxylation sites is 1. The topological polar surface area (TPSA) is 81.9 Å². The van der Waals surface area contributed by atoms with Crippen molar-refractivity contribution >= 4 is 56.3 Å². The summed E-state index contributed by atoms with van der Waals surface area (Å²) < 4.78 is 32.8. The molecule has 8 heteroatoms. The Morgan fingerprint density at radius 1 is 1.19 bits per heavy atom. The standard InChI is InChI=1S/C8H4N2O3S3/c11-16(12,13)7-3-1-2-6(9-4-14)8(7)10-5-15/h1-3H,(H,11,12,13)/p-1. The van der Waals surface area contributed by atoms with Gasteiger partial charge in [0, 0.05) is 0 Å². The van der Waals surface area contributed by atoms with Crippen molar-refractivity contribution < 1.29 is 13.0 Å². The van der Waals surface area contributed by atoms with E-state index in [1.165, 1.54) is 12.1 Å². The zero-order valence-corrected chi connectivity index (χ0v) is 10.0. The van der Waals surface area contributed by atoms with Crippen molar-refractivity contribution in [1.82, 2.24) is 0 Å². The molecule has 0 atom stereocenters. The van der Waals surface area contributed by atoms with Gasteiger partial charge in [-0.3, -0.25) is 0 Å². The first-order chi connectivity index (χ1) is 7.50. The first kappa shape index (κ1) is 12.8. The van der Waals surface area contributed by atoms with Crippen LogP contribution in [0.2, 0.25) is 0 Å². The highest BCUT2D eigenvalue weighted by Crippen LogP contribution is 2.33. The van der Waals surface area contributed by atoms with Crippen molar-refractivity contribution in [3.05, 3.63) is 18.2 Å². The number of aliphatic imine (C=N–C) groups is 2. The first-order valence-electron chi connectivity index (χ1n) is 3.75. The second-order valence-corrected chi connectivity index (χ2v) is 4.20. The van der Waals surface area contributed by atoms with Crippen LogP contribution in [0.3, 0.4) is 0 Å². The molecule has 0 heterocycles. The van der Waals surface area contributed by atoms with Gasteiger partial charge >= 0.3 is 0 Å². The second-order valence-electron chi connectivity index (χ2n) is 2.48. The van der Waals surface area contributed by atoms with Gasteiger partial charge in [0.05, 0.1) is 15.2 Å². The summed E-state index contributed by atoms with van der Waals surface area (Å²) in [6.45, 7) is 0. The van der Waals surface area contributed by atoms with E-state index in [9.17, 15) is 13.0 Å². The van der Waals surface area contributed by atoms with Crippen LogP contribution >= 0.6 is 24.4 Å².